The number of carboxylic acids is 1. The van der Waals surface area contributed by atoms with Gasteiger partial charge in [0.1, 0.15) is 6.04 Å². The molecule has 0 saturated carbocycles. The molecule has 1 atom stereocenters. The Morgan fingerprint density at radius 2 is 2.00 bits per heavy atom. The van der Waals surface area contributed by atoms with Crippen molar-refractivity contribution in [3.05, 3.63) is 53.6 Å². The fourth-order valence-electron chi connectivity index (χ4n) is 2.99. The van der Waals surface area contributed by atoms with Crippen molar-refractivity contribution >= 4 is 17.8 Å². The molecule has 1 aromatic carbocycles. The van der Waals surface area contributed by atoms with Gasteiger partial charge in [-0.05, 0) is 5.56 Å². The van der Waals surface area contributed by atoms with E-state index in [1.165, 1.54) is 11.2 Å². The van der Waals surface area contributed by atoms with Gasteiger partial charge >= 0.3 is 5.97 Å². The summed E-state index contributed by atoms with van der Waals surface area (Å²) in [6.45, 7) is 0.581. The zero-order chi connectivity index (χ0) is 18.5. The van der Waals surface area contributed by atoms with E-state index in [1.807, 2.05) is 30.3 Å². The molecule has 0 aliphatic carbocycles. The van der Waals surface area contributed by atoms with Gasteiger partial charge in [0.25, 0.3) is 0 Å². The average Bonchev–Trinajstić information content (AvgIpc) is 3.11. The van der Waals surface area contributed by atoms with Gasteiger partial charge in [-0.2, -0.15) is 0 Å². The van der Waals surface area contributed by atoms with Crippen molar-refractivity contribution in [3.63, 3.8) is 0 Å². The zero-order valence-corrected chi connectivity index (χ0v) is 14.1. The smallest absolute Gasteiger partial charge is 0.303 e. The average molecular weight is 356 g/mol. The summed E-state index contributed by atoms with van der Waals surface area (Å²) in [6.07, 6.45) is 1.44. The van der Waals surface area contributed by atoms with E-state index >= 15 is 0 Å². The zero-order valence-electron chi connectivity index (χ0n) is 14.1. The minimum Gasteiger partial charge on any atom is -0.481 e. The lowest BCUT2D eigenvalue weighted by Crippen LogP contribution is -2.52. The minimum absolute atomic E-state index is 0.138. The number of hydrogen-bond acceptors (Lipinski definition) is 4. The molecule has 2 heterocycles. The Labute approximate surface area is 150 Å². The Kier molecular flexibility index (Phi) is 5.31. The van der Waals surface area contributed by atoms with Gasteiger partial charge in [-0.15, -0.1) is 0 Å². The summed E-state index contributed by atoms with van der Waals surface area (Å²) in [6, 6.07) is 8.79. The van der Waals surface area contributed by atoms with Gasteiger partial charge in [-0.25, -0.2) is 4.98 Å². The molecule has 1 aliphatic heterocycles. The third-order valence-electron chi connectivity index (χ3n) is 4.38. The molecule has 1 aromatic heterocycles. The number of H-pyrrole nitrogens is 1. The highest BCUT2D eigenvalue weighted by Crippen LogP contribution is 2.22. The number of amides is 2. The van der Waals surface area contributed by atoms with Crippen LogP contribution in [0.2, 0.25) is 0 Å². The maximum atomic E-state index is 12.7. The van der Waals surface area contributed by atoms with Crippen molar-refractivity contribution in [2.45, 2.75) is 38.4 Å². The predicted octanol–water partition coefficient (Wildman–Crippen LogP) is 0.844. The van der Waals surface area contributed by atoms with Crippen LogP contribution in [-0.2, 0) is 33.9 Å². The summed E-state index contributed by atoms with van der Waals surface area (Å²) in [4.78, 5) is 44.5. The highest BCUT2D eigenvalue weighted by Gasteiger charge is 2.35. The van der Waals surface area contributed by atoms with Gasteiger partial charge in [0, 0.05) is 19.4 Å². The number of aromatic nitrogens is 2. The second kappa shape index (κ2) is 7.81. The van der Waals surface area contributed by atoms with E-state index in [-0.39, 0.29) is 31.2 Å². The molecule has 3 rings (SSSR count). The van der Waals surface area contributed by atoms with Crippen molar-refractivity contribution in [3.8, 4) is 0 Å². The molecule has 2 aromatic rings. The molecule has 8 nitrogen and oxygen atoms in total. The maximum Gasteiger partial charge on any atom is 0.303 e. The molecule has 2 amide bonds. The van der Waals surface area contributed by atoms with E-state index in [2.05, 4.69) is 15.3 Å². The number of fused-ring (bicyclic) bond motifs is 1. The van der Waals surface area contributed by atoms with Crippen molar-refractivity contribution in [1.29, 1.82) is 0 Å². The third kappa shape index (κ3) is 4.08. The summed E-state index contributed by atoms with van der Waals surface area (Å²) in [5.41, 5.74) is 2.49. The number of carbonyl (C=O) groups is 3. The largest absolute Gasteiger partial charge is 0.481 e. The number of aromatic amines is 1. The Morgan fingerprint density at radius 3 is 2.73 bits per heavy atom. The first kappa shape index (κ1) is 17.7. The van der Waals surface area contributed by atoms with E-state index in [9.17, 15) is 14.4 Å². The van der Waals surface area contributed by atoms with Crippen LogP contribution in [0.1, 0.15) is 29.8 Å². The first-order valence-corrected chi connectivity index (χ1v) is 8.38. The lowest BCUT2D eigenvalue weighted by molar-refractivity contribution is -0.145. The highest BCUT2D eigenvalue weighted by molar-refractivity contribution is 5.89. The molecular formula is C18H20N4O4. The molecule has 0 unspecified atom stereocenters. The lowest BCUT2D eigenvalue weighted by atomic mass is 10.0. The van der Waals surface area contributed by atoms with E-state index in [4.69, 9.17) is 5.11 Å². The molecule has 0 bridgehead atoms. The summed E-state index contributed by atoms with van der Waals surface area (Å²) < 4.78 is 0. The molecule has 3 N–H and O–H groups in total. The van der Waals surface area contributed by atoms with Crippen LogP contribution < -0.4 is 5.32 Å². The number of carboxylic acid groups (broad SMARTS) is 1. The SMILES string of the molecule is O=C(O)CCC(=O)N1Cc2[nH]cnc2C[C@H]1C(=O)NCc1ccccc1. The molecule has 0 spiro atoms. The van der Waals surface area contributed by atoms with Gasteiger partial charge < -0.3 is 20.3 Å². The normalized spacial score (nSPS) is 16.0. The van der Waals surface area contributed by atoms with Crippen LogP contribution in [0.15, 0.2) is 36.7 Å². The molecule has 136 valence electrons. The van der Waals surface area contributed by atoms with Crippen molar-refractivity contribution < 1.29 is 19.5 Å². The van der Waals surface area contributed by atoms with E-state index in [0.29, 0.717) is 13.0 Å². The fourth-order valence-corrected chi connectivity index (χ4v) is 2.99. The van der Waals surface area contributed by atoms with Crippen LogP contribution >= 0.6 is 0 Å². The quantitative estimate of drug-likeness (QED) is 0.709. The lowest BCUT2D eigenvalue weighted by Gasteiger charge is -2.34. The molecule has 0 fully saturated rings. The summed E-state index contributed by atoms with van der Waals surface area (Å²) in [5, 5.41) is 11.7. The Balaban J connectivity index is 1.71. The molecule has 8 heteroatoms. The molecule has 26 heavy (non-hydrogen) atoms. The second-order valence-electron chi connectivity index (χ2n) is 6.17. The van der Waals surface area contributed by atoms with Crippen molar-refractivity contribution in [2.24, 2.45) is 0 Å². The molecule has 0 saturated heterocycles. The van der Waals surface area contributed by atoms with Crippen molar-refractivity contribution in [1.82, 2.24) is 20.2 Å². The van der Waals surface area contributed by atoms with Gasteiger partial charge in [-0.3, -0.25) is 14.4 Å². The Bertz CT molecular complexity index is 803. The van der Waals surface area contributed by atoms with Gasteiger partial charge in [0.2, 0.25) is 11.8 Å². The van der Waals surface area contributed by atoms with Crippen LogP contribution in [0, 0.1) is 0 Å². The van der Waals surface area contributed by atoms with Gasteiger partial charge in [0.05, 0.1) is 30.7 Å². The number of hydrogen-bond donors (Lipinski definition) is 3. The van der Waals surface area contributed by atoms with Crippen LogP contribution in [0.4, 0.5) is 0 Å². The van der Waals surface area contributed by atoms with E-state index in [1.54, 1.807) is 0 Å². The number of aliphatic carboxylic acids is 1. The van der Waals surface area contributed by atoms with Gasteiger partial charge in [0.15, 0.2) is 0 Å². The number of nitrogens with zero attached hydrogens (tertiary/aromatic N) is 2. The Hall–Kier alpha value is -3.16. The van der Waals surface area contributed by atoms with Crippen molar-refractivity contribution in [2.75, 3.05) is 0 Å². The summed E-state index contributed by atoms with van der Waals surface area (Å²) >= 11 is 0. The summed E-state index contributed by atoms with van der Waals surface area (Å²) in [5.74, 6) is -1.67. The number of imidazole rings is 1. The highest BCUT2D eigenvalue weighted by atomic mass is 16.4. The van der Waals surface area contributed by atoms with Crippen LogP contribution in [0.3, 0.4) is 0 Å². The first-order valence-electron chi connectivity index (χ1n) is 8.38. The summed E-state index contributed by atoms with van der Waals surface area (Å²) in [7, 11) is 0. The topological polar surface area (TPSA) is 115 Å². The van der Waals surface area contributed by atoms with Gasteiger partial charge in [-0.1, -0.05) is 30.3 Å². The molecular weight excluding hydrogens is 336 g/mol. The predicted molar refractivity (Wildman–Crippen MR) is 91.8 cm³/mol. The van der Waals surface area contributed by atoms with Crippen LogP contribution in [0.25, 0.3) is 0 Å². The van der Waals surface area contributed by atoms with Crippen LogP contribution in [-0.4, -0.2) is 43.8 Å². The number of nitrogens with one attached hydrogen (secondary N) is 2. The third-order valence-corrected chi connectivity index (χ3v) is 4.38. The number of carbonyl (C=O) groups excluding carboxylic acids is 2. The second-order valence-corrected chi connectivity index (χ2v) is 6.17. The standard InChI is InChI=1S/C18H20N4O4/c23-16(6-7-17(24)25)22-10-14-13(20-11-21-14)8-15(22)18(26)19-9-12-4-2-1-3-5-12/h1-5,11,15H,6-10H2,(H,19,26)(H,20,21)(H,24,25)/t15-/m0/s1. The first-order chi connectivity index (χ1) is 12.5. The number of benzene rings is 1. The maximum absolute atomic E-state index is 12.7. The number of rotatable bonds is 6. The monoisotopic (exact) mass is 356 g/mol. The van der Waals surface area contributed by atoms with E-state index in [0.717, 1.165) is 17.0 Å². The van der Waals surface area contributed by atoms with E-state index < -0.39 is 12.0 Å². The van der Waals surface area contributed by atoms with Crippen LogP contribution in [0.5, 0.6) is 0 Å². The fraction of sp³-hybridized carbons (Fsp3) is 0.333. The minimum atomic E-state index is -1.04. The molecule has 0 radical (unpaired) electrons. The molecule has 1 aliphatic rings. The Morgan fingerprint density at radius 1 is 1.23 bits per heavy atom.